The fourth-order valence-corrected chi connectivity index (χ4v) is 2.60. The number of rotatable bonds is 5. The summed E-state index contributed by atoms with van der Waals surface area (Å²) in [5.74, 6) is 2.23. The summed E-state index contributed by atoms with van der Waals surface area (Å²) in [7, 11) is 0. The molecule has 3 nitrogen and oxygen atoms in total. The van der Waals surface area contributed by atoms with Gasteiger partial charge in [-0.3, -0.25) is 0 Å². The first-order valence-electron chi connectivity index (χ1n) is 6.51. The summed E-state index contributed by atoms with van der Waals surface area (Å²) in [6.07, 6.45) is 1.01. The first-order chi connectivity index (χ1) is 8.80. The molecule has 1 unspecified atom stereocenters. The van der Waals surface area contributed by atoms with Crippen LogP contribution in [0.4, 0.5) is 0 Å². The van der Waals surface area contributed by atoms with E-state index in [1.807, 2.05) is 13.8 Å². The van der Waals surface area contributed by atoms with E-state index in [4.69, 9.17) is 21.1 Å². The van der Waals surface area contributed by atoms with Gasteiger partial charge in [-0.05, 0) is 50.1 Å². The molecule has 0 radical (unpaired) electrons. The molecule has 0 aromatic heterocycles. The van der Waals surface area contributed by atoms with Crippen molar-refractivity contribution in [3.8, 4) is 11.5 Å². The molecule has 0 saturated heterocycles. The van der Waals surface area contributed by atoms with E-state index >= 15 is 0 Å². The van der Waals surface area contributed by atoms with Crippen LogP contribution in [0, 0.1) is 0 Å². The van der Waals surface area contributed by atoms with Gasteiger partial charge in [-0.2, -0.15) is 0 Å². The molecule has 2 rings (SSSR count). The standard InChI is InChI=1S/C14H20ClNO2.ClH/c1-3-17-13-7-10-5-6-16-12(9-15)11(10)8-14(13)18-4-2;/h7-8,12,16H,3-6,9H2,1-2H3;1H. The third kappa shape index (κ3) is 3.68. The predicted octanol–water partition coefficient (Wildman–Crippen LogP) is 3.33. The summed E-state index contributed by atoms with van der Waals surface area (Å²) < 4.78 is 11.3. The third-order valence-corrected chi connectivity index (χ3v) is 3.43. The second-order valence-electron chi connectivity index (χ2n) is 4.27. The van der Waals surface area contributed by atoms with Gasteiger partial charge in [-0.1, -0.05) is 0 Å². The molecule has 1 heterocycles. The Balaban J connectivity index is 0.00000180. The van der Waals surface area contributed by atoms with Crippen molar-refractivity contribution >= 4 is 24.0 Å². The van der Waals surface area contributed by atoms with E-state index in [1.54, 1.807) is 0 Å². The Labute approximate surface area is 126 Å². The van der Waals surface area contributed by atoms with E-state index in [0.29, 0.717) is 19.1 Å². The average Bonchev–Trinajstić information content (AvgIpc) is 2.39. The minimum Gasteiger partial charge on any atom is -0.490 e. The number of alkyl halides is 1. The molecule has 5 heteroatoms. The molecular formula is C14H21Cl2NO2. The van der Waals surface area contributed by atoms with E-state index in [1.165, 1.54) is 11.1 Å². The van der Waals surface area contributed by atoms with Gasteiger partial charge in [0, 0.05) is 11.9 Å². The highest BCUT2D eigenvalue weighted by Crippen LogP contribution is 2.35. The van der Waals surface area contributed by atoms with E-state index in [2.05, 4.69) is 17.4 Å². The van der Waals surface area contributed by atoms with Crippen LogP contribution in [0.25, 0.3) is 0 Å². The topological polar surface area (TPSA) is 30.5 Å². The molecule has 0 amide bonds. The van der Waals surface area contributed by atoms with Gasteiger partial charge < -0.3 is 14.8 Å². The Morgan fingerprint density at radius 1 is 1.21 bits per heavy atom. The van der Waals surface area contributed by atoms with Crippen molar-refractivity contribution in [3.05, 3.63) is 23.3 Å². The van der Waals surface area contributed by atoms with Crippen LogP contribution in [-0.4, -0.2) is 25.6 Å². The highest BCUT2D eigenvalue weighted by molar-refractivity contribution is 6.18. The molecule has 1 aliphatic heterocycles. The number of halogens is 2. The zero-order valence-corrected chi connectivity index (χ0v) is 12.9. The van der Waals surface area contributed by atoms with Crippen molar-refractivity contribution in [1.29, 1.82) is 0 Å². The van der Waals surface area contributed by atoms with E-state index in [-0.39, 0.29) is 18.4 Å². The molecule has 108 valence electrons. The zero-order valence-electron chi connectivity index (χ0n) is 11.4. The lowest BCUT2D eigenvalue weighted by atomic mass is 9.94. The van der Waals surface area contributed by atoms with Crippen LogP contribution in [-0.2, 0) is 6.42 Å². The molecule has 1 atom stereocenters. The van der Waals surface area contributed by atoms with Crippen LogP contribution in [0.5, 0.6) is 11.5 Å². The lowest BCUT2D eigenvalue weighted by Crippen LogP contribution is -2.31. The zero-order chi connectivity index (χ0) is 13.0. The summed E-state index contributed by atoms with van der Waals surface area (Å²) in [6.45, 7) is 6.21. The maximum atomic E-state index is 6.00. The van der Waals surface area contributed by atoms with Crippen LogP contribution in [0.15, 0.2) is 12.1 Å². The van der Waals surface area contributed by atoms with Gasteiger partial charge in [0.15, 0.2) is 11.5 Å². The fraction of sp³-hybridized carbons (Fsp3) is 0.571. The number of ether oxygens (including phenoxy) is 2. The molecule has 0 bridgehead atoms. The minimum atomic E-state index is 0. The van der Waals surface area contributed by atoms with Crippen LogP contribution in [0.1, 0.15) is 31.0 Å². The Kier molecular flexibility index (Phi) is 6.76. The monoisotopic (exact) mass is 305 g/mol. The minimum absolute atomic E-state index is 0. The Morgan fingerprint density at radius 3 is 2.42 bits per heavy atom. The highest BCUT2D eigenvalue weighted by atomic mass is 35.5. The Hall–Kier alpha value is -0.640. The number of hydrogen-bond acceptors (Lipinski definition) is 3. The lowest BCUT2D eigenvalue weighted by molar-refractivity contribution is 0.286. The average molecular weight is 306 g/mol. The van der Waals surface area contributed by atoms with E-state index in [9.17, 15) is 0 Å². The number of hydrogen-bond donors (Lipinski definition) is 1. The molecule has 1 aliphatic rings. The van der Waals surface area contributed by atoms with Crippen LogP contribution in [0.3, 0.4) is 0 Å². The Bertz CT molecular complexity index is 413. The quantitative estimate of drug-likeness (QED) is 0.847. The summed E-state index contributed by atoms with van der Waals surface area (Å²) in [5.41, 5.74) is 2.55. The van der Waals surface area contributed by atoms with Gasteiger partial charge in [-0.15, -0.1) is 24.0 Å². The fourth-order valence-electron chi connectivity index (χ4n) is 2.32. The van der Waals surface area contributed by atoms with Gasteiger partial charge in [-0.25, -0.2) is 0 Å². The third-order valence-electron chi connectivity index (χ3n) is 3.12. The first kappa shape index (κ1) is 16.4. The highest BCUT2D eigenvalue weighted by Gasteiger charge is 2.21. The molecule has 0 saturated carbocycles. The largest absolute Gasteiger partial charge is 0.490 e. The van der Waals surface area contributed by atoms with Crippen molar-refractivity contribution in [2.24, 2.45) is 0 Å². The van der Waals surface area contributed by atoms with Crippen LogP contribution < -0.4 is 14.8 Å². The Morgan fingerprint density at radius 2 is 1.84 bits per heavy atom. The van der Waals surface area contributed by atoms with Gasteiger partial charge >= 0.3 is 0 Å². The molecular weight excluding hydrogens is 285 g/mol. The second kappa shape index (κ2) is 7.83. The van der Waals surface area contributed by atoms with Gasteiger partial charge in [0.25, 0.3) is 0 Å². The van der Waals surface area contributed by atoms with Crippen molar-refractivity contribution in [2.75, 3.05) is 25.6 Å². The predicted molar refractivity (Wildman–Crippen MR) is 81.2 cm³/mol. The second-order valence-corrected chi connectivity index (χ2v) is 4.58. The van der Waals surface area contributed by atoms with Crippen molar-refractivity contribution < 1.29 is 9.47 Å². The SMILES string of the molecule is CCOc1cc2c(cc1OCC)C(CCl)NCC2.Cl. The maximum Gasteiger partial charge on any atom is 0.161 e. The summed E-state index contributed by atoms with van der Waals surface area (Å²) >= 11 is 6.00. The maximum absolute atomic E-state index is 6.00. The number of benzene rings is 1. The van der Waals surface area contributed by atoms with Gasteiger partial charge in [0.2, 0.25) is 0 Å². The normalized spacial score (nSPS) is 17.3. The van der Waals surface area contributed by atoms with Crippen molar-refractivity contribution in [1.82, 2.24) is 5.32 Å². The molecule has 1 N–H and O–H groups in total. The summed E-state index contributed by atoms with van der Waals surface area (Å²) in [5, 5.41) is 3.42. The van der Waals surface area contributed by atoms with Crippen molar-refractivity contribution in [2.45, 2.75) is 26.3 Å². The molecule has 0 fully saturated rings. The lowest BCUT2D eigenvalue weighted by Gasteiger charge is -2.27. The van der Waals surface area contributed by atoms with Crippen molar-refractivity contribution in [3.63, 3.8) is 0 Å². The van der Waals surface area contributed by atoms with Gasteiger partial charge in [0.1, 0.15) is 0 Å². The van der Waals surface area contributed by atoms with Crippen LogP contribution in [0.2, 0.25) is 0 Å². The first-order valence-corrected chi connectivity index (χ1v) is 7.05. The van der Waals surface area contributed by atoms with E-state index in [0.717, 1.165) is 24.5 Å². The van der Waals surface area contributed by atoms with Gasteiger partial charge in [0.05, 0.1) is 13.2 Å². The molecule has 0 spiro atoms. The summed E-state index contributed by atoms with van der Waals surface area (Å²) in [6, 6.07) is 4.39. The molecule has 19 heavy (non-hydrogen) atoms. The smallest absolute Gasteiger partial charge is 0.161 e. The summed E-state index contributed by atoms with van der Waals surface area (Å²) in [4.78, 5) is 0. The van der Waals surface area contributed by atoms with Crippen LogP contribution >= 0.6 is 24.0 Å². The molecule has 1 aromatic rings. The molecule has 0 aliphatic carbocycles. The molecule has 1 aromatic carbocycles. The number of nitrogens with one attached hydrogen (secondary N) is 1. The number of fused-ring (bicyclic) bond motifs is 1. The van der Waals surface area contributed by atoms with E-state index < -0.39 is 0 Å².